The maximum absolute atomic E-state index is 13.2. The van der Waals surface area contributed by atoms with Gasteiger partial charge in [-0.15, -0.1) is 0 Å². The first-order valence-electron chi connectivity index (χ1n) is 7.71. The minimum atomic E-state index is -3.61. The monoisotopic (exact) mass is 334 g/mol. The van der Waals surface area contributed by atoms with Crippen LogP contribution >= 0.6 is 0 Å². The Hall–Kier alpha value is -2.65. The highest BCUT2D eigenvalue weighted by molar-refractivity contribution is 8.00. The molecule has 0 saturated carbocycles. The van der Waals surface area contributed by atoms with Gasteiger partial charge < -0.3 is 0 Å². The SMILES string of the molecule is Cc1ccc(S(=O)(=O)/C(=C/c2ccccc2)c2ccccc2)cc1. The normalized spacial score (nSPS) is 12.1. The van der Waals surface area contributed by atoms with Crippen LogP contribution in [0.5, 0.6) is 0 Å². The van der Waals surface area contributed by atoms with E-state index in [0.29, 0.717) is 15.4 Å². The van der Waals surface area contributed by atoms with Gasteiger partial charge in [-0.05, 0) is 36.3 Å². The van der Waals surface area contributed by atoms with E-state index in [1.54, 1.807) is 18.2 Å². The van der Waals surface area contributed by atoms with Gasteiger partial charge >= 0.3 is 0 Å². The third kappa shape index (κ3) is 3.47. The molecule has 0 unspecified atom stereocenters. The van der Waals surface area contributed by atoms with E-state index < -0.39 is 9.84 Å². The lowest BCUT2D eigenvalue weighted by Crippen LogP contribution is -2.04. The van der Waals surface area contributed by atoms with Crippen LogP contribution in [-0.4, -0.2) is 8.42 Å². The average Bonchev–Trinajstić information content (AvgIpc) is 2.61. The van der Waals surface area contributed by atoms with Gasteiger partial charge in [0.1, 0.15) is 0 Å². The lowest BCUT2D eigenvalue weighted by Gasteiger charge is -2.10. The molecule has 0 aromatic heterocycles. The van der Waals surface area contributed by atoms with Crippen molar-refractivity contribution in [1.82, 2.24) is 0 Å². The summed E-state index contributed by atoms with van der Waals surface area (Å²) in [6, 6.07) is 25.7. The van der Waals surface area contributed by atoms with E-state index in [0.717, 1.165) is 11.1 Å². The molecule has 0 radical (unpaired) electrons. The predicted octanol–water partition coefficient (Wildman–Crippen LogP) is 4.97. The Labute approximate surface area is 143 Å². The van der Waals surface area contributed by atoms with Crippen LogP contribution in [0.1, 0.15) is 16.7 Å². The van der Waals surface area contributed by atoms with Crippen LogP contribution in [-0.2, 0) is 9.84 Å². The van der Waals surface area contributed by atoms with Gasteiger partial charge in [0.15, 0.2) is 0 Å². The molecule has 3 heteroatoms. The highest BCUT2D eigenvalue weighted by Crippen LogP contribution is 2.30. The van der Waals surface area contributed by atoms with E-state index in [1.807, 2.05) is 79.7 Å². The molecule has 3 aromatic carbocycles. The first-order chi connectivity index (χ1) is 11.6. The Morgan fingerprint density at radius 3 is 1.88 bits per heavy atom. The number of benzene rings is 3. The van der Waals surface area contributed by atoms with Crippen molar-refractivity contribution in [1.29, 1.82) is 0 Å². The van der Waals surface area contributed by atoms with Gasteiger partial charge in [-0.3, -0.25) is 0 Å². The van der Waals surface area contributed by atoms with Gasteiger partial charge in [0.2, 0.25) is 9.84 Å². The van der Waals surface area contributed by atoms with E-state index in [-0.39, 0.29) is 0 Å². The van der Waals surface area contributed by atoms with E-state index in [1.165, 1.54) is 0 Å². The average molecular weight is 334 g/mol. The molecule has 0 atom stereocenters. The molecule has 0 amide bonds. The van der Waals surface area contributed by atoms with Crippen molar-refractivity contribution in [2.45, 2.75) is 11.8 Å². The molecule has 2 nitrogen and oxygen atoms in total. The summed E-state index contributed by atoms with van der Waals surface area (Å²) in [4.78, 5) is 0.609. The fraction of sp³-hybridized carbons (Fsp3) is 0.0476. The topological polar surface area (TPSA) is 34.1 Å². The molecule has 0 aliphatic heterocycles. The van der Waals surface area contributed by atoms with Gasteiger partial charge in [0.25, 0.3) is 0 Å². The van der Waals surface area contributed by atoms with E-state index in [4.69, 9.17) is 0 Å². The van der Waals surface area contributed by atoms with Crippen molar-refractivity contribution in [3.63, 3.8) is 0 Å². The predicted molar refractivity (Wildman–Crippen MR) is 99.1 cm³/mol. The molecule has 0 saturated heterocycles. The third-order valence-electron chi connectivity index (χ3n) is 3.78. The fourth-order valence-corrected chi connectivity index (χ4v) is 3.95. The fourth-order valence-electron chi connectivity index (χ4n) is 2.46. The molecule has 24 heavy (non-hydrogen) atoms. The van der Waals surface area contributed by atoms with Crippen LogP contribution in [0.2, 0.25) is 0 Å². The second-order valence-corrected chi connectivity index (χ2v) is 7.52. The highest BCUT2D eigenvalue weighted by Gasteiger charge is 2.22. The standard InChI is InChI=1S/C21H18O2S/c1-17-12-14-20(15-13-17)24(22,23)21(19-10-6-3-7-11-19)16-18-8-4-2-5-9-18/h2-16H,1H3/b21-16+. The van der Waals surface area contributed by atoms with Crippen LogP contribution in [0.15, 0.2) is 89.8 Å². The zero-order chi connectivity index (χ0) is 17.0. The first-order valence-corrected chi connectivity index (χ1v) is 9.19. The summed E-state index contributed by atoms with van der Waals surface area (Å²) in [7, 11) is -3.61. The van der Waals surface area contributed by atoms with E-state index in [9.17, 15) is 8.42 Å². The zero-order valence-corrected chi connectivity index (χ0v) is 14.2. The summed E-state index contributed by atoms with van der Waals surface area (Å²) in [6.07, 6.45) is 1.73. The third-order valence-corrected chi connectivity index (χ3v) is 5.60. The molecule has 0 bridgehead atoms. The lowest BCUT2D eigenvalue weighted by molar-refractivity contribution is 0.606. The first kappa shape index (κ1) is 16.2. The summed E-state index contributed by atoms with van der Waals surface area (Å²) in [5.41, 5.74) is 2.57. The smallest absolute Gasteiger partial charge is 0.207 e. The van der Waals surface area contributed by atoms with Crippen molar-refractivity contribution >= 4 is 20.8 Å². The Morgan fingerprint density at radius 1 is 0.750 bits per heavy atom. The summed E-state index contributed by atoms with van der Waals surface area (Å²) in [5.74, 6) is 0. The van der Waals surface area contributed by atoms with Crippen LogP contribution < -0.4 is 0 Å². The highest BCUT2D eigenvalue weighted by atomic mass is 32.2. The summed E-state index contributed by atoms with van der Waals surface area (Å²) >= 11 is 0. The van der Waals surface area contributed by atoms with Crippen molar-refractivity contribution in [3.8, 4) is 0 Å². The van der Waals surface area contributed by atoms with Gasteiger partial charge in [-0.2, -0.15) is 0 Å². The molecule has 0 heterocycles. The van der Waals surface area contributed by atoms with Crippen LogP contribution in [0.3, 0.4) is 0 Å². The van der Waals surface area contributed by atoms with Crippen LogP contribution in [0.25, 0.3) is 11.0 Å². The summed E-state index contributed by atoms with van der Waals surface area (Å²) in [6.45, 7) is 1.94. The zero-order valence-electron chi connectivity index (χ0n) is 13.4. The van der Waals surface area contributed by atoms with Gasteiger partial charge in [-0.25, -0.2) is 8.42 Å². The van der Waals surface area contributed by atoms with Gasteiger partial charge in [0.05, 0.1) is 9.80 Å². The van der Waals surface area contributed by atoms with Crippen molar-refractivity contribution in [2.75, 3.05) is 0 Å². The maximum atomic E-state index is 13.2. The van der Waals surface area contributed by atoms with E-state index >= 15 is 0 Å². The Morgan fingerprint density at radius 2 is 1.29 bits per heavy atom. The number of rotatable bonds is 4. The lowest BCUT2D eigenvalue weighted by atomic mass is 10.1. The molecule has 0 spiro atoms. The number of hydrogen-bond acceptors (Lipinski definition) is 2. The van der Waals surface area contributed by atoms with Crippen LogP contribution in [0, 0.1) is 6.92 Å². The Balaban J connectivity index is 2.18. The van der Waals surface area contributed by atoms with Crippen LogP contribution in [0.4, 0.5) is 0 Å². The van der Waals surface area contributed by atoms with Gasteiger partial charge in [-0.1, -0.05) is 78.4 Å². The summed E-state index contributed by atoms with van der Waals surface area (Å²) < 4.78 is 26.4. The second kappa shape index (κ2) is 6.85. The quantitative estimate of drug-likeness (QED) is 0.632. The molecule has 3 aromatic rings. The van der Waals surface area contributed by atoms with Crippen molar-refractivity contribution < 1.29 is 8.42 Å². The number of aryl methyl sites for hydroxylation is 1. The molecule has 0 fully saturated rings. The molecule has 0 N–H and O–H groups in total. The molecule has 0 aliphatic rings. The summed E-state index contributed by atoms with van der Waals surface area (Å²) in [5, 5.41) is 0. The minimum Gasteiger partial charge on any atom is -0.218 e. The molecule has 3 rings (SSSR count). The Bertz CT molecular complexity index is 940. The molecular formula is C21H18O2S. The molecule has 0 aliphatic carbocycles. The second-order valence-electron chi connectivity index (χ2n) is 5.60. The number of hydrogen-bond donors (Lipinski definition) is 0. The molecular weight excluding hydrogens is 316 g/mol. The maximum Gasteiger partial charge on any atom is 0.207 e. The van der Waals surface area contributed by atoms with E-state index in [2.05, 4.69) is 0 Å². The molecule has 120 valence electrons. The largest absolute Gasteiger partial charge is 0.218 e. The Kier molecular flexibility index (Phi) is 4.63. The van der Waals surface area contributed by atoms with Crippen molar-refractivity contribution in [2.24, 2.45) is 0 Å². The van der Waals surface area contributed by atoms with Gasteiger partial charge in [0, 0.05) is 0 Å². The minimum absolute atomic E-state index is 0.304. The van der Waals surface area contributed by atoms with Crippen molar-refractivity contribution in [3.05, 3.63) is 102 Å². The number of sulfone groups is 1.